The first-order valence-electron chi connectivity index (χ1n) is 6.09. The molecule has 0 amide bonds. The van der Waals surface area contributed by atoms with Crippen molar-refractivity contribution < 1.29 is 0 Å². The number of thioether (sulfide) groups is 1. The Bertz CT molecular complexity index is 340. The molecule has 1 aromatic heterocycles. The molecule has 2 atom stereocenters. The van der Waals surface area contributed by atoms with Gasteiger partial charge in [0.1, 0.15) is 5.82 Å². The predicted molar refractivity (Wildman–Crippen MR) is 71.1 cm³/mol. The van der Waals surface area contributed by atoms with Gasteiger partial charge in [0.25, 0.3) is 0 Å². The average Bonchev–Trinajstić information content (AvgIpc) is 2.29. The van der Waals surface area contributed by atoms with Crippen molar-refractivity contribution in [2.75, 3.05) is 12.4 Å². The quantitative estimate of drug-likeness (QED) is 0.864. The molecule has 2 nitrogen and oxygen atoms in total. The van der Waals surface area contributed by atoms with Gasteiger partial charge in [0, 0.05) is 12.3 Å². The molecule has 2 rings (SSSR count). The molecule has 16 heavy (non-hydrogen) atoms. The van der Waals surface area contributed by atoms with Gasteiger partial charge in [-0.15, -0.1) is 11.8 Å². The Labute approximate surface area is 102 Å². The lowest BCUT2D eigenvalue weighted by atomic mass is 9.91. The zero-order chi connectivity index (χ0) is 11.4. The molecule has 2 unspecified atom stereocenters. The summed E-state index contributed by atoms with van der Waals surface area (Å²) >= 11 is 1.95. The molecule has 0 aromatic carbocycles. The largest absolute Gasteiger partial charge is 0.373 e. The van der Waals surface area contributed by atoms with Crippen LogP contribution in [-0.2, 0) is 0 Å². The SMILES string of the molecule is CNc1cccc(SC2CCCC(C)C2)n1. The maximum Gasteiger partial charge on any atom is 0.126 e. The van der Waals surface area contributed by atoms with Gasteiger partial charge in [0.2, 0.25) is 0 Å². The van der Waals surface area contributed by atoms with Gasteiger partial charge < -0.3 is 5.32 Å². The molecule has 0 aliphatic heterocycles. The lowest BCUT2D eigenvalue weighted by Crippen LogP contribution is -2.15. The predicted octanol–water partition coefficient (Wildman–Crippen LogP) is 3.79. The molecule has 1 saturated carbocycles. The fraction of sp³-hybridized carbons (Fsp3) is 0.615. The minimum Gasteiger partial charge on any atom is -0.373 e. The lowest BCUT2D eigenvalue weighted by molar-refractivity contribution is 0.394. The van der Waals surface area contributed by atoms with E-state index < -0.39 is 0 Å². The van der Waals surface area contributed by atoms with Crippen LogP contribution in [0.15, 0.2) is 23.2 Å². The van der Waals surface area contributed by atoms with E-state index >= 15 is 0 Å². The minimum absolute atomic E-state index is 0.767. The third-order valence-corrected chi connectivity index (χ3v) is 4.39. The van der Waals surface area contributed by atoms with E-state index in [1.165, 1.54) is 25.7 Å². The van der Waals surface area contributed by atoms with Crippen molar-refractivity contribution in [3.8, 4) is 0 Å². The smallest absolute Gasteiger partial charge is 0.126 e. The number of hydrogen-bond acceptors (Lipinski definition) is 3. The third-order valence-electron chi connectivity index (χ3n) is 3.16. The highest BCUT2D eigenvalue weighted by molar-refractivity contribution is 7.99. The molecular formula is C13H20N2S. The molecular weight excluding hydrogens is 216 g/mol. The van der Waals surface area contributed by atoms with Crippen molar-refractivity contribution in [3.63, 3.8) is 0 Å². The maximum absolute atomic E-state index is 4.56. The van der Waals surface area contributed by atoms with Gasteiger partial charge in [0.15, 0.2) is 0 Å². The Morgan fingerprint density at radius 3 is 3.00 bits per heavy atom. The van der Waals surface area contributed by atoms with E-state index in [2.05, 4.69) is 29.4 Å². The summed E-state index contributed by atoms with van der Waals surface area (Å²) in [6, 6.07) is 6.20. The standard InChI is InChI=1S/C13H20N2S/c1-10-5-3-6-11(9-10)16-13-8-4-7-12(14-2)15-13/h4,7-8,10-11H,3,5-6,9H2,1-2H3,(H,14,15). The zero-order valence-corrected chi connectivity index (χ0v) is 10.9. The number of anilines is 1. The van der Waals surface area contributed by atoms with Gasteiger partial charge in [0.05, 0.1) is 5.03 Å². The highest BCUT2D eigenvalue weighted by Crippen LogP contribution is 2.35. The molecule has 0 spiro atoms. The fourth-order valence-electron chi connectivity index (χ4n) is 2.28. The number of aromatic nitrogens is 1. The number of rotatable bonds is 3. The van der Waals surface area contributed by atoms with Crippen molar-refractivity contribution in [2.24, 2.45) is 5.92 Å². The molecule has 1 fully saturated rings. The second-order valence-corrected chi connectivity index (χ2v) is 5.94. The topological polar surface area (TPSA) is 24.9 Å². The van der Waals surface area contributed by atoms with Gasteiger partial charge in [-0.3, -0.25) is 0 Å². The van der Waals surface area contributed by atoms with E-state index in [-0.39, 0.29) is 0 Å². The van der Waals surface area contributed by atoms with Gasteiger partial charge in [-0.1, -0.05) is 25.8 Å². The molecule has 1 N–H and O–H groups in total. The van der Waals surface area contributed by atoms with Crippen LogP contribution in [0.3, 0.4) is 0 Å². The molecule has 3 heteroatoms. The molecule has 1 aromatic rings. The second kappa shape index (κ2) is 5.58. The summed E-state index contributed by atoms with van der Waals surface area (Å²) in [5.41, 5.74) is 0. The Morgan fingerprint density at radius 1 is 1.38 bits per heavy atom. The summed E-state index contributed by atoms with van der Waals surface area (Å²) < 4.78 is 0. The van der Waals surface area contributed by atoms with Gasteiger partial charge in [-0.25, -0.2) is 4.98 Å². The number of pyridine rings is 1. The first kappa shape index (κ1) is 11.8. The molecule has 1 aliphatic rings. The molecule has 0 bridgehead atoms. The van der Waals surface area contributed by atoms with Crippen molar-refractivity contribution in [3.05, 3.63) is 18.2 Å². The third kappa shape index (κ3) is 3.14. The van der Waals surface area contributed by atoms with Crippen LogP contribution < -0.4 is 5.32 Å². The van der Waals surface area contributed by atoms with Crippen molar-refractivity contribution in [1.29, 1.82) is 0 Å². The number of nitrogens with zero attached hydrogens (tertiary/aromatic N) is 1. The molecule has 0 radical (unpaired) electrons. The van der Waals surface area contributed by atoms with Crippen LogP contribution in [0.1, 0.15) is 32.6 Å². The van der Waals surface area contributed by atoms with E-state index in [4.69, 9.17) is 0 Å². The second-order valence-electron chi connectivity index (χ2n) is 4.62. The molecule has 88 valence electrons. The van der Waals surface area contributed by atoms with Gasteiger partial charge in [-0.05, 0) is 30.9 Å². The maximum atomic E-state index is 4.56. The van der Waals surface area contributed by atoms with Crippen LogP contribution in [-0.4, -0.2) is 17.3 Å². The zero-order valence-electron chi connectivity index (χ0n) is 10.1. The molecule has 0 saturated heterocycles. The van der Waals surface area contributed by atoms with E-state index in [1.807, 2.05) is 24.9 Å². The van der Waals surface area contributed by atoms with E-state index in [0.717, 1.165) is 22.0 Å². The minimum atomic E-state index is 0.767. The Balaban J connectivity index is 1.97. The van der Waals surface area contributed by atoms with Crippen LogP contribution in [0.5, 0.6) is 0 Å². The van der Waals surface area contributed by atoms with Crippen LogP contribution in [0.4, 0.5) is 5.82 Å². The normalized spacial score (nSPS) is 25.4. The summed E-state index contributed by atoms with van der Waals surface area (Å²) in [5.74, 6) is 1.85. The lowest BCUT2D eigenvalue weighted by Gasteiger charge is -2.25. The summed E-state index contributed by atoms with van der Waals surface area (Å²) in [6.07, 6.45) is 5.47. The summed E-state index contributed by atoms with van der Waals surface area (Å²) in [6.45, 7) is 2.37. The van der Waals surface area contributed by atoms with Crippen LogP contribution in [0, 0.1) is 5.92 Å². The monoisotopic (exact) mass is 236 g/mol. The van der Waals surface area contributed by atoms with Crippen LogP contribution in [0.2, 0.25) is 0 Å². The number of hydrogen-bond donors (Lipinski definition) is 1. The van der Waals surface area contributed by atoms with Crippen LogP contribution in [0.25, 0.3) is 0 Å². The van der Waals surface area contributed by atoms with E-state index in [0.29, 0.717) is 0 Å². The molecule has 1 aliphatic carbocycles. The Hall–Kier alpha value is -0.700. The highest BCUT2D eigenvalue weighted by Gasteiger charge is 2.20. The van der Waals surface area contributed by atoms with Crippen molar-refractivity contribution >= 4 is 17.6 Å². The van der Waals surface area contributed by atoms with Gasteiger partial charge in [-0.2, -0.15) is 0 Å². The fourth-order valence-corrected chi connectivity index (χ4v) is 3.63. The average molecular weight is 236 g/mol. The first-order valence-corrected chi connectivity index (χ1v) is 6.97. The first-order chi connectivity index (χ1) is 7.78. The molecule has 1 heterocycles. The van der Waals surface area contributed by atoms with Crippen LogP contribution >= 0.6 is 11.8 Å². The summed E-state index contributed by atoms with van der Waals surface area (Å²) in [4.78, 5) is 4.56. The van der Waals surface area contributed by atoms with Gasteiger partial charge >= 0.3 is 0 Å². The summed E-state index contributed by atoms with van der Waals surface area (Å²) in [5, 5.41) is 5.01. The Kier molecular flexibility index (Phi) is 4.10. The van der Waals surface area contributed by atoms with E-state index in [1.54, 1.807) is 0 Å². The summed E-state index contributed by atoms with van der Waals surface area (Å²) in [7, 11) is 1.92. The highest BCUT2D eigenvalue weighted by atomic mass is 32.2. The Morgan fingerprint density at radius 2 is 2.25 bits per heavy atom. The number of nitrogens with one attached hydrogen (secondary N) is 1. The van der Waals surface area contributed by atoms with E-state index in [9.17, 15) is 0 Å². The van der Waals surface area contributed by atoms with Crippen molar-refractivity contribution in [2.45, 2.75) is 42.9 Å². The van der Waals surface area contributed by atoms with Crippen molar-refractivity contribution in [1.82, 2.24) is 4.98 Å².